The van der Waals surface area contributed by atoms with Crippen molar-refractivity contribution in [2.24, 2.45) is 0 Å². The van der Waals surface area contributed by atoms with Gasteiger partial charge in [0.15, 0.2) is 18.2 Å². The Labute approximate surface area is 130 Å². The number of methoxy groups -OCH3 is 1. The highest BCUT2D eigenvalue weighted by molar-refractivity contribution is 9.10. The number of amides is 1. The molecule has 7 nitrogen and oxygen atoms in total. The second-order valence-corrected chi connectivity index (χ2v) is 5.16. The third-order valence-corrected chi connectivity index (χ3v) is 3.36. The van der Waals surface area contributed by atoms with E-state index in [-0.39, 0.29) is 19.1 Å². The molecule has 1 amide bonds. The molecule has 1 aliphatic heterocycles. The van der Waals surface area contributed by atoms with E-state index in [0.717, 1.165) is 0 Å². The molecule has 0 radical (unpaired) electrons. The number of carbonyl (C=O) groups excluding carboxylic acids is 2. The zero-order valence-electron chi connectivity index (χ0n) is 11.7. The highest BCUT2D eigenvalue weighted by Gasteiger charge is 2.35. The average Bonchev–Trinajstić information content (AvgIpc) is 2.46. The van der Waals surface area contributed by atoms with Gasteiger partial charge in [-0.3, -0.25) is 9.69 Å². The number of anilines is 1. The summed E-state index contributed by atoms with van der Waals surface area (Å²) in [6, 6.07) is 2.60. The van der Waals surface area contributed by atoms with Crippen LogP contribution in [-0.2, 0) is 19.1 Å². The second-order valence-electron chi connectivity index (χ2n) is 4.34. The summed E-state index contributed by atoms with van der Waals surface area (Å²) in [5, 5.41) is 0. The molecule has 8 heteroatoms. The van der Waals surface area contributed by atoms with Crippen LogP contribution in [0, 0.1) is 0 Å². The molecule has 114 valence electrons. The summed E-state index contributed by atoms with van der Waals surface area (Å²) in [6.07, 6.45) is 0. The quantitative estimate of drug-likeness (QED) is 0.446. The largest absolute Gasteiger partial charge is 0.480 e. The Morgan fingerprint density at radius 1 is 1.52 bits per heavy atom. The van der Waals surface area contributed by atoms with Crippen molar-refractivity contribution < 1.29 is 23.8 Å². The minimum atomic E-state index is -0.793. The SMILES string of the molecule is COCCOC(=O)C(C)N1C(=O)COc2ccc(Br)nc21. The second kappa shape index (κ2) is 6.86. The number of carbonyl (C=O) groups is 2. The molecule has 2 rings (SSSR count). The standard InChI is InChI=1S/C13H15BrN2O5/c1-8(13(18)20-6-5-19-2)16-11(17)7-21-9-3-4-10(14)15-12(9)16/h3-4,8H,5-7H2,1-2H3. The fourth-order valence-corrected chi connectivity index (χ4v) is 2.18. The number of rotatable bonds is 5. The highest BCUT2D eigenvalue weighted by Crippen LogP contribution is 2.32. The van der Waals surface area contributed by atoms with Crippen LogP contribution in [0.4, 0.5) is 5.82 Å². The van der Waals surface area contributed by atoms with Gasteiger partial charge in [0, 0.05) is 7.11 Å². The molecule has 1 aromatic heterocycles. The number of esters is 1. The monoisotopic (exact) mass is 358 g/mol. The molecule has 1 aliphatic rings. The third-order valence-electron chi connectivity index (χ3n) is 2.91. The number of nitrogens with zero attached hydrogens (tertiary/aromatic N) is 2. The van der Waals surface area contributed by atoms with Crippen LogP contribution in [-0.4, -0.2) is 49.8 Å². The average molecular weight is 359 g/mol. The van der Waals surface area contributed by atoms with Gasteiger partial charge in [-0.15, -0.1) is 0 Å². The molecule has 21 heavy (non-hydrogen) atoms. The van der Waals surface area contributed by atoms with Gasteiger partial charge in [-0.2, -0.15) is 0 Å². The maximum Gasteiger partial charge on any atom is 0.329 e. The van der Waals surface area contributed by atoms with Crippen LogP contribution in [0.25, 0.3) is 0 Å². The fraction of sp³-hybridized carbons (Fsp3) is 0.462. The normalized spacial score (nSPS) is 15.2. The molecule has 0 spiro atoms. The van der Waals surface area contributed by atoms with Crippen molar-refractivity contribution in [3.63, 3.8) is 0 Å². The van der Waals surface area contributed by atoms with Gasteiger partial charge in [0.2, 0.25) is 0 Å². The van der Waals surface area contributed by atoms with Crippen molar-refractivity contribution in [3.8, 4) is 5.75 Å². The Hall–Kier alpha value is -1.67. The molecule has 0 aliphatic carbocycles. The van der Waals surface area contributed by atoms with Crippen molar-refractivity contribution in [1.29, 1.82) is 0 Å². The molecule has 0 N–H and O–H groups in total. The zero-order chi connectivity index (χ0) is 15.4. The Kier molecular flexibility index (Phi) is 5.13. The molecule has 0 bridgehead atoms. The molecule has 1 unspecified atom stereocenters. The zero-order valence-corrected chi connectivity index (χ0v) is 13.3. The summed E-state index contributed by atoms with van der Waals surface area (Å²) < 4.78 is 15.7. The van der Waals surface area contributed by atoms with Crippen LogP contribution < -0.4 is 9.64 Å². The maximum absolute atomic E-state index is 12.1. The van der Waals surface area contributed by atoms with E-state index < -0.39 is 12.0 Å². The smallest absolute Gasteiger partial charge is 0.329 e. The molecular formula is C13H15BrN2O5. The Balaban J connectivity index is 2.20. The predicted molar refractivity (Wildman–Crippen MR) is 77.2 cm³/mol. The number of pyridine rings is 1. The van der Waals surface area contributed by atoms with Crippen molar-refractivity contribution in [3.05, 3.63) is 16.7 Å². The number of aromatic nitrogens is 1. The number of halogens is 1. The molecule has 2 heterocycles. The van der Waals surface area contributed by atoms with Gasteiger partial charge < -0.3 is 14.2 Å². The first-order chi connectivity index (χ1) is 10.0. The maximum atomic E-state index is 12.1. The minimum Gasteiger partial charge on any atom is -0.480 e. The van der Waals surface area contributed by atoms with Gasteiger partial charge in [0.1, 0.15) is 17.3 Å². The summed E-state index contributed by atoms with van der Waals surface area (Å²) in [5.74, 6) is -0.106. The van der Waals surface area contributed by atoms with Gasteiger partial charge in [0.25, 0.3) is 5.91 Å². The Bertz CT molecular complexity index is 551. The first-order valence-electron chi connectivity index (χ1n) is 6.31. The lowest BCUT2D eigenvalue weighted by Gasteiger charge is -2.31. The Morgan fingerprint density at radius 2 is 2.29 bits per heavy atom. The molecule has 0 saturated heterocycles. The Morgan fingerprint density at radius 3 is 3.00 bits per heavy atom. The van der Waals surface area contributed by atoms with E-state index in [2.05, 4.69) is 20.9 Å². The van der Waals surface area contributed by atoms with Gasteiger partial charge in [-0.25, -0.2) is 9.78 Å². The van der Waals surface area contributed by atoms with Crippen LogP contribution in [0.1, 0.15) is 6.92 Å². The molecule has 0 aromatic carbocycles. The number of fused-ring (bicyclic) bond motifs is 1. The summed E-state index contributed by atoms with van der Waals surface area (Å²) in [4.78, 5) is 29.6. The van der Waals surface area contributed by atoms with Crippen molar-refractivity contribution >= 4 is 33.6 Å². The van der Waals surface area contributed by atoms with Crippen LogP contribution >= 0.6 is 15.9 Å². The van der Waals surface area contributed by atoms with E-state index in [9.17, 15) is 9.59 Å². The molecule has 0 saturated carbocycles. The molecule has 0 fully saturated rings. The van der Waals surface area contributed by atoms with Crippen molar-refractivity contribution in [1.82, 2.24) is 4.98 Å². The highest BCUT2D eigenvalue weighted by atomic mass is 79.9. The first kappa shape index (κ1) is 15.7. The van der Waals surface area contributed by atoms with Crippen LogP contribution in [0.3, 0.4) is 0 Å². The molecule has 1 aromatic rings. The van der Waals surface area contributed by atoms with E-state index in [1.807, 2.05) is 0 Å². The van der Waals surface area contributed by atoms with E-state index in [4.69, 9.17) is 14.2 Å². The molecule has 1 atom stereocenters. The number of hydrogen-bond acceptors (Lipinski definition) is 6. The summed E-state index contributed by atoms with van der Waals surface area (Å²) in [5.41, 5.74) is 0. The van der Waals surface area contributed by atoms with Crippen LogP contribution in [0.2, 0.25) is 0 Å². The van der Waals surface area contributed by atoms with Gasteiger partial charge in [0.05, 0.1) is 6.61 Å². The minimum absolute atomic E-state index is 0.133. The lowest BCUT2D eigenvalue weighted by atomic mass is 10.2. The van der Waals surface area contributed by atoms with Gasteiger partial charge >= 0.3 is 5.97 Å². The summed E-state index contributed by atoms with van der Waals surface area (Å²) in [6.45, 7) is 1.89. The number of hydrogen-bond donors (Lipinski definition) is 0. The van der Waals surface area contributed by atoms with Gasteiger partial charge in [-0.1, -0.05) is 0 Å². The third kappa shape index (κ3) is 3.51. The van der Waals surface area contributed by atoms with E-state index in [1.165, 1.54) is 12.0 Å². The summed E-state index contributed by atoms with van der Waals surface area (Å²) in [7, 11) is 1.51. The van der Waals surface area contributed by atoms with E-state index >= 15 is 0 Å². The fourth-order valence-electron chi connectivity index (χ4n) is 1.88. The number of ether oxygens (including phenoxy) is 3. The van der Waals surface area contributed by atoms with Crippen molar-refractivity contribution in [2.75, 3.05) is 31.8 Å². The summed E-state index contributed by atoms with van der Waals surface area (Å²) >= 11 is 3.24. The van der Waals surface area contributed by atoms with E-state index in [1.54, 1.807) is 19.1 Å². The first-order valence-corrected chi connectivity index (χ1v) is 7.11. The van der Waals surface area contributed by atoms with Gasteiger partial charge in [-0.05, 0) is 35.0 Å². The lowest BCUT2D eigenvalue weighted by Crippen LogP contribution is -2.49. The predicted octanol–water partition coefficient (Wildman–Crippen LogP) is 1.15. The van der Waals surface area contributed by atoms with E-state index in [0.29, 0.717) is 22.8 Å². The van der Waals surface area contributed by atoms with Crippen LogP contribution in [0.15, 0.2) is 16.7 Å². The molecular weight excluding hydrogens is 344 g/mol. The van der Waals surface area contributed by atoms with Crippen molar-refractivity contribution in [2.45, 2.75) is 13.0 Å². The topological polar surface area (TPSA) is 78.0 Å². The lowest BCUT2D eigenvalue weighted by molar-refractivity contribution is -0.147. The van der Waals surface area contributed by atoms with Crippen LogP contribution in [0.5, 0.6) is 5.75 Å².